The first kappa shape index (κ1) is 9.21. The Bertz CT molecular complexity index is 346. The number of carbonyl (C=O) groups excluding carboxylic acids is 1. The lowest BCUT2D eigenvalue weighted by Crippen LogP contribution is -2.45. The van der Waals surface area contributed by atoms with Crippen molar-refractivity contribution in [2.24, 2.45) is 12.8 Å². The molecular weight excluding hydrogens is 180 g/mol. The lowest BCUT2D eigenvalue weighted by molar-refractivity contribution is -0.123. The number of nitrogens with one attached hydrogen (secondary N) is 1. The number of rotatable bonds is 1. The Morgan fingerprint density at radius 3 is 3.14 bits per heavy atom. The minimum Gasteiger partial charge on any atom is -0.348 e. The van der Waals surface area contributed by atoms with Crippen LogP contribution in [0.1, 0.15) is 24.4 Å². The fraction of sp³-hybridized carbons (Fsp3) is 0.556. The van der Waals surface area contributed by atoms with E-state index in [0.29, 0.717) is 6.42 Å². The van der Waals surface area contributed by atoms with Crippen LogP contribution in [0.5, 0.6) is 0 Å². The van der Waals surface area contributed by atoms with Gasteiger partial charge in [0, 0.05) is 31.3 Å². The molecule has 0 bridgehead atoms. The van der Waals surface area contributed by atoms with Crippen LogP contribution in [0.15, 0.2) is 12.4 Å². The summed E-state index contributed by atoms with van der Waals surface area (Å²) in [6.07, 6.45) is 4.90. The van der Waals surface area contributed by atoms with Crippen LogP contribution in [-0.4, -0.2) is 21.7 Å². The molecule has 2 heterocycles. The Balaban J connectivity index is 2.19. The Kier molecular flexibility index (Phi) is 2.25. The van der Waals surface area contributed by atoms with E-state index < -0.39 is 0 Å². The maximum atomic E-state index is 11.2. The molecule has 1 aliphatic heterocycles. The van der Waals surface area contributed by atoms with Crippen LogP contribution >= 0.6 is 0 Å². The first-order valence-corrected chi connectivity index (χ1v) is 4.70. The van der Waals surface area contributed by atoms with Crippen molar-refractivity contribution in [2.45, 2.75) is 24.9 Å². The first-order valence-electron chi connectivity index (χ1n) is 4.70. The van der Waals surface area contributed by atoms with Crippen LogP contribution < -0.4 is 11.1 Å². The number of hydrogen-bond acceptors (Lipinski definition) is 3. The van der Waals surface area contributed by atoms with E-state index in [9.17, 15) is 4.79 Å². The molecule has 0 aliphatic carbocycles. The Morgan fingerprint density at radius 1 is 1.71 bits per heavy atom. The number of nitrogens with zero attached hydrogens (tertiary/aromatic N) is 2. The summed E-state index contributed by atoms with van der Waals surface area (Å²) in [4.78, 5) is 11.2. The highest BCUT2D eigenvalue weighted by Crippen LogP contribution is 2.21. The lowest BCUT2D eigenvalue weighted by Gasteiger charge is -2.28. The van der Waals surface area contributed by atoms with Gasteiger partial charge in [-0.25, -0.2) is 0 Å². The second kappa shape index (κ2) is 3.42. The SMILES string of the molecule is Cn1cc([C@@H]2NC(=O)CC[C@H]2N)cn1. The van der Waals surface area contributed by atoms with Crippen molar-refractivity contribution in [1.29, 1.82) is 0 Å². The molecule has 14 heavy (non-hydrogen) atoms. The van der Waals surface area contributed by atoms with Crippen molar-refractivity contribution in [1.82, 2.24) is 15.1 Å². The summed E-state index contributed by atoms with van der Waals surface area (Å²) in [5.41, 5.74) is 6.91. The standard InChI is InChI=1S/C9H14N4O/c1-13-5-6(4-11-13)9-7(10)2-3-8(14)12-9/h4-5,7,9H,2-3,10H2,1H3,(H,12,14)/t7-,9+/m1/s1. The van der Waals surface area contributed by atoms with Gasteiger partial charge in [0.1, 0.15) is 0 Å². The molecule has 0 saturated carbocycles. The summed E-state index contributed by atoms with van der Waals surface area (Å²) in [7, 11) is 1.85. The van der Waals surface area contributed by atoms with Gasteiger partial charge in [-0.1, -0.05) is 0 Å². The van der Waals surface area contributed by atoms with Gasteiger partial charge in [-0.2, -0.15) is 5.10 Å². The molecule has 1 aliphatic rings. The van der Waals surface area contributed by atoms with E-state index in [1.807, 2.05) is 13.2 Å². The molecule has 0 radical (unpaired) electrons. The van der Waals surface area contributed by atoms with Gasteiger partial charge in [-0.05, 0) is 6.42 Å². The fourth-order valence-corrected chi connectivity index (χ4v) is 1.75. The number of aromatic nitrogens is 2. The zero-order valence-electron chi connectivity index (χ0n) is 8.10. The van der Waals surface area contributed by atoms with E-state index in [4.69, 9.17) is 5.73 Å². The average molecular weight is 194 g/mol. The Hall–Kier alpha value is -1.36. The molecule has 1 aromatic rings. The average Bonchev–Trinajstić information content (AvgIpc) is 2.56. The van der Waals surface area contributed by atoms with E-state index in [1.165, 1.54) is 0 Å². The predicted octanol–water partition coefficient (Wildman–Crippen LogP) is -0.302. The van der Waals surface area contributed by atoms with Crippen LogP contribution in [0, 0.1) is 0 Å². The van der Waals surface area contributed by atoms with Gasteiger partial charge in [0.25, 0.3) is 0 Å². The molecule has 3 N–H and O–H groups in total. The topological polar surface area (TPSA) is 72.9 Å². The van der Waals surface area contributed by atoms with Gasteiger partial charge in [0.15, 0.2) is 0 Å². The lowest BCUT2D eigenvalue weighted by atomic mass is 9.95. The zero-order valence-corrected chi connectivity index (χ0v) is 8.10. The van der Waals surface area contributed by atoms with Crippen LogP contribution in [0.2, 0.25) is 0 Å². The van der Waals surface area contributed by atoms with Crippen LogP contribution in [0.3, 0.4) is 0 Å². The highest BCUT2D eigenvalue weighted by atomic mass is 16.1. The normalized spacial score (nSPS) is 27.4. The molecule has 2 atom stereocenters. The maximum absolute atomic E-state index is 11.2. The number of carbonyl (C=O) groups is 1. The Labute approximate surface area is 82.3 Å². The van der Waals surface area contributed by atoms with Crippen molar-refractivity contribution in [3.63, 3.8) is 0 Å². The second-order valence-electron chi connectivity index (χ2n) is 3.70. The first-order chi connectivity index (χ1) is 6.66. The van der Waals surface area contributed by atoms with Gasteiger partial charge in [-0.15, -0.1) is 0 Å². The van der Waals surface area contributed by atoms with Crippen molar-refractivity contribution < 1.29 is 4.79 Å². The minimum atomic E-state index is -0.0788. The van der Waals surface area contributed by atoms with Crippen molar-refractivity contribution in [3.05, 3.63) is 18.0 Å². The van der Waals surface area contributed by atoms with Gasteiger partial charge in [-0.3, -0.25) is 9.48 Å². The van der Waals surface area contributed by atoms with E-state index in [2.05, 4.69) is 10.4 Å². The molecule has 5 heteroatoms. The van der Waals surface area contributed by atoms with Gasteiger partial charge in [0.2, 0.25) is 5.91 Å². The van der Waals surface area contributed by atoms with Gasteiger partial charge in [0.05, 0.1) is 12.2 Å². The van der Waals surface area contributed by atoms with Crippen molar-refractivity contribution in [2.75, 3.05) is 0 Å². The van der Waals surface area contributed by atoms with E-state index in [-0.39, 0.29) is 18.0 Å². The molecule has 5 nitrogen and oxygen atoms in total. The third-order valence-corrected chi connectivity index (χ3v) is 2.53. The Morgan fingerprint density at radius 2 is 2.50 bits per heavy atom. The fourth-order valence-electron chi connectivity index (χ4n) is 1.75. The van der Waals surface area contributed by atoms with E-state index in [1.54, 1.807) is 10.9 Å². The van der Waals surface area contributed by atoms with Crippen molar-refractivity contribution in [3.8, 4) is 0 Å². The third-order valence-electron chi connectivity index (χ3n) is 2.53. The van der Waals surface area contributed by atoms with Gasteiger partial charge < -0.3 is 11.1 Å². The molecule has 0 spiro atoms. The highest BCUT2D eigenvalue weighted by molar-refractivity contribution is 5.77. The van der Waals surface area contributed by atoms with E-state index >= 15 is 0 Å². The van der Waals surface area contributed by atoms with Crippen molar-refractivity contribution >= 4 is 5.91 Å². The molecule has 1 saturated heterocycles. The summed E-state index contributed by atoms with van der Waals surface area (Å²) in [6, 6.07) is -0.0816. The smallest absolute Gasteiger partial charge is 0.220 e. The zero-order chi connectivity index (χ0) is 10.1. The number of aryl methyl sites for hydroxylation is 1. The monoisotopic (exact) mass is 194 g/mol. The number of hydrogen-bond donors (Lipinski definition) is 2. The molecular formula is C9H14N4O. The second-order valence-corrected chi connectivity index (χ2v) is 3.70. The number of piperidine rings is 1. The summed E-state index contributed by atoms with van der Waals surface area (Å²) < 4.78 is 1.71. The number of amides is 1. The molecule has 0 unspecified atom stereocenters. The van der Waals surface area contributed by atoms with E-state index in [0.717, 1.165) is 12.0 Å². The molecule has 2 rings (SSSR count). The molecule has 1 fully saturated rings. The van der Waals surface area contributed by atoms with Crippen LogP contribution in [0.25, 0.3) is 0 Å². The minimum absolute atomic E-state index is 0.00287. The summed E-state index contributed by atoms with van der Waals surface area (Å²) in [6.45, 7) is 0. The maximum Gasteiger partial charge on any atom is 0.220 e. The third kappa shape index (κ3) is 1.63. The number of nitrogens with two attached hydrogens (primary N) is 1. The largest absolute Gasteiger partial charge is 0.348 e. The molecule has 0 aromatic carbocycles. The summed E-state index contributed by atoms with van der Waals surface area (Å²) in [5, 5.41) is 6.94. The summed E-state index contributed by atoms with van der Waals surface area (Å²) >= 11 is 0. The molecule has 76 valence electrons. The highest BCUT2D eigenvalue weighted by Gasteiger charge is 2.27. The summed E-state index contributed by atoms with van der Waals surface area (Å²) in [5.74, 6) is 0.0700. The molecule has 1 amide bonds. The quantitative estimate of drug-likeness (QED) is 0.644. The van der Waals surface area contributed by atoms with Crippen LogP contribution in [-0.2, 0) is 11.8 Å². The molecule has 1 aromatic heterocycles. The predicted molar refractivity (Wildman–Crippen MR) is 51.3 cm³/mol. The van der Waals surface area contributed by atoms with Crippen LogP contribution in [0.4, 0.5) is 0 Å². The van der Waals surface area contributed by atoms with Gasteiger partial charge >= 0.3 is 0 Å².